The molecular weight excluding hydrogens is 309 g/mol. The molecule has 1 heterocycles. The molecule has 0 saturated carbocycles. The second-order valence-electron chi connectivity index (χ2n) is 4.77. The van der Waals surface area contributed by atoms with Gasteiger partial charge in [-0.05, 0) is 30.3 Å². The third-order valence-corrected chi connectivity index (χ3v) is 3.14. The molecule has 2 rings (SSSR count). The first-order valence-corrected chi connectivity index (χ1v) is 6.84. The molecule has 0 unspecified atom stereocenters. The molecule has 0 saturated heterocycles. The number of nitrogens with one attached hydrogen (secondary N) is 1. The fourth-order valence-electron chi connectivity index (χ4n) is 1.96. The molecule has 4 nitrogen and oxygen atoms in total. The summed E-state index contributed by atoms with van der Waals surface area (Å²) in [6.07, 6.45) is -3.08. The number of hydrogen-bond donors (Lipinski definition) is 1. The van der Waals surface area contributed by atoms with Crippen molar-refractivity contribution in [3.8, 4) is 5.75 Å². The van der Waals surface area contributed by atoms with E-state index in [0.29, 0.717) is 11.3 Å². The normalized spacial score (nSPS) is 11.1. The van der Waals surface area contributed by atoms with E-state index in [0.717, 1.165) is 18.3 Å². The minimum atomic E-state index is -4.40. The summed E-state index contributed by atoms with van der Waals surface area (Å²) in [7, 11) is 1.50. The van der Waals surface area contributed by atoms with Gasteiger partial charge in [0.2, 0.25) is 0 Å². The molecule has 1 aromatic heterocycles. The van der Waals surface area contributed by atoms with Crippen LogP contribution in [0.4, 0.5) is 13.2 Å². The number of amides is 1. The van der Waals surface area contributed by atoms with Gasteiger partial charge in [-0.25, -0.2) is 0 Å². The van der Waals surface area contributed by atoms with Gasteiger partial charge in [0.05, 0.1) is 12.7 Å². The standard InChI is InChI=1S/C16H15F3N2O2/c1-23-14-4-2-3-11(9-14)15(22)21-8-6-13-10-12(5-7-20-13)16(17,18)19/h2-5,7,9-10H,6,8H2,1H3,(H,21,22). The lowest BCUT2D eigenvalue weighted by atomic mass is 10.1. The van der Waals surface area contributed by atoms with Crippen LogP contribution in [0.2, 0.25) is 0 Å². The van der Waals surface area contributed by atoms with Gasteiger partial charge in [0.25, 0.3) is 5.91 Å². The quantitative estimate of drug-likeness (QED) is 0.919. The Morgan fingerprint density at radius 1 is 1.26 bits per heavy atom. The molecule has 0 fully saturated rings. The van der Waals surface area contributed by atoms with Crippen LogP contribution >= 0.6 is 0 Å². The number of nitrogens with zero attached hydrogens (tertiary/aromatic N) is 1. The fraction of sp³-hybridized carbons (Fsp3) is 0.250. The molecular formula is C16H15F3N2O2. The molecule has 23 heavy (non-hydrogen) atoms. The van der Waals surface area contributed by atoms with Crippen LogP contribution in [-0.4, -0.2) is 24.5 Å². The van der Waals surface area contributed by atoms with Gasteiger partial charge in [0.15, 0.2) is 0 Å². The lowest BCUT2D eigenvalue weighted by Gasteiger charge is -2.09. The Bertz CT molecular complexity index is 687. The second-order valence-corrected chi connectivity index (χ2v) is 4.77. The molecule has 0 aliphatic carbocycles. The SMILES string of the molecule is COc1cccc(C(=O)NCCc2cc(C(F)(F)F)ccn2)c1. The number of carbonyl (C=O) groups is 1. The van der Waals surface area contributed by atoms with Crippen LogP contribution in [0, 0.1) is 0 Å². The monoisotopic (exact) mass is 324 g/mol. The van der Waals surface area contributed by atoms with Crippen LogP contribution in [0.1, 0.15) is 21.6 Å². The maximum Gasteiger partial charge on any atom is 0.416 e. The predicted octanol–water partition coefficient (Wildman–Crippen LogP) is 3.08. The Labute approximate surface area is 131 Å². The van der Waals surface area contributed by atoms with Gasteiger partial charge >= 0.3 is 6.18 Å². The third-order valence-electron chi connectivity index (χ3n) is 3.14. The van der Waals surface area contributed by atoms with Crippen molar-refractivity contribution in [1.29, 1.82) is 0 Å². The van der Waals surface area contributed by atoms with Gasteiger partial charge in [-0.15, -0.1) is 0 Å². The van der Waals surface area contributed by atoms with E-state index in [4.69, 9.17) is 4.74 Å². The first-order chi connectivity index (χ1) is 10.9. The summed E-state index contributed by atoms with van der Waals surface area (Å²) in [5, 5.41) is 2.64. The number of rotatable bonds is 5. The molecule has 0 atom stereocenters. The zero-order valence-corrected chi connectivity index (χ0v) is 12.4. The number of benzene rings is 1. The van der Waals surface area contributed by atoms with Crippen LogP contribution in [0.25, 0.3) is 0 Å². The summed E-state index contributed by atoms with van der Waals surface area (Å²) < 4.78 is 42.8. The summed E-state index contributed by atoms with van der Waals surface area (Å²) in [6, 6.07) is 8.50. The van der Waals surface area contributed by atoms with Crippen molar-refractivity contribution >= 4 is 5.91 Å². The lowest BCUT2D eigenvalue weighted by molar-refractivity contribution is -0.137. The van der Waals surface area contributed by atoms with Crippen molar-refractivity contribution in [2.24, 2.45) is 0 Å². The average molecular weight is 324 g/mol. The fourth-order valence-corrected chi connectivity index (χ4v) is 1.96. The van der Waals surface area contributed by atoms with E-state index < -0.39 is 11.7 Å². The predicted molar refractivity (Wildman–Crippen MR) is 78.3 cm³/mol. The van der Waals surface area contributed by atoms with Gasteiger partial charge in [0.1, 0.15) is 5.75 Å². The van der Waals surface area contributed by atoms with Gasteiger partial charge in [0, 0.05) is 30.4 Å². The Morgan fingerprint density at radius 3 is 2.74 bits per heavy atom. The highest BCUT2D eigenvalue weighted by molar-refractivity contribution is 5.94. The highest BCUT2D eigenvalue weighted by atomic mass is 19.4. The highest BCUT2D eigenvalue weighted by Crippen LogP contribution is 2.28. The number of ether oxygens (including phenoxy) is 1. The van der Waals surface area contributed by atoms with E-state index in [1.165, 1.54) is 7.11 Å². The van der Waals surface area contributed by atoms with Crippen LogP contribution in [-0.2, 0) is 12.6 Å². The number of aromatic nitrogens is 1. The Balaban J connectivity index is 1.93. The topological polar surface area (TPSA) is 51.2 Å². The summed E-state index contributed by atoms with van der Waals surface area (Å²) in [4.78, 5) is 15.8. The van der Waals surface area contributed by atoms with Gasteiger partial charge in [-0.3, -0.25) is 9.78 Å². The van der Waals surface area contributed by atoms with Crippen molar-refractivity contribution in [3.63, 3.8) is 0 Å². The number of alkyl halides is 3. The number of hydrogen-bond acceptors (Lipinski definition) is 3. The zero-order valence-electron chi connectivity index (χ0n) is 12.4. The maximum atomic E-state index is 12.6. The van der Waals surface area contributed by atoms with E-state index in [1.807, 2.05) is 0 Å². The Morgan fingerprint density at radius 2 is 2.04 bits per heavy atom. The Kier molecular flexibility index (Phi) is 5.20. The largest absolute Gasteiger partial charge is 0.497 e. The summed E-state index contributed by atoms with van der Waals surface area (Å²) in [6.45, 7) is 0.185. The average Bonchev–Trinajstić information content (AvgIpc) is 2.54. The molecule has 122 valence electrons. The van der Waals surface area contributed by atoms with Crippen molar-refractivity contribution in [3.05, 3.63) is 59.4 Å². The second kappa shape index (κ2) is 7.13. The van der Waals surface area contributed by atoms with Gasteiger partial charge in [-0.2, -0.15) is 13.2 Å². The van der Waals surface area contributed by atoms with Crippen molar-refractivity contribution in [1.82, 2.24) is 10.3 Å². The van der Waals surface area contributed by atoms with Crippen LogP contribution in [0.5, 0.6) is 5.75 Å². The van der Waals surface area contributed by atoms with E-state index in [1.54, 1.807) is 24.3 Å². The lowest BCUT2D eigenvalue weighted by Crippen LogP contribution is -2.26. The molecule has 0 radical (unpaired) electrons. The van der Waals surface area contributed by atoms with Gasteiger partial charge in [-0.1, -0.05) is 6.07 Å². The van der Waals surface area contributed by atoms with Crippen LogP contribution in [0.3, 0.4) is 0 Å². The number of methoxy groups -OCH3 is 1. The molecule has 1 N–H and O–H groups in total. The molecule has 0 aliphatic heterocycles. The minimum absolute atomic E-state index is 0.185. The highest BCUT2D eigenvalue weighted by Gasteiger charge is 2.30. The van der Waals surface area contributed by atoms with Crippen LogP contribution in [0.15, 0.2) is 42.6 Å². The van der Waals surface area contributed by atoms with Crippen molar-refractivity contribution < 1.29 is 22.7 Å². The van der Waals surface area contributed by atoms with Crippen LogP contribution < -0.4 is 10.1 Å². The molecule has 0 bridgehead atoms. The molecule has 1 amide bonds. The molecule has 0 spiro atoms. The first-order valence-electron chi connectivity index (χ1n) is 6.84. The maximum absolute atomic E-state index is 12.6. The number of pyridine rings is 1. The van der Waals surface area contributed by atoms with Gasteiger partial charge < -0.3 is 10.1 Å². The first kappa shape index (κ1) is 16.8. The third kappa shape index (κ3) is 4.70. The van der Waals surface area contributed by atoms with E-state index >= 15 is 0 Å². The molecule has 2 aromatic rings. The smallest absolute Gasteiger partial charge is 0.416 e. The Hall–Kier alpha value is -2.57. The number of carbonyl (C=O) groups excluding carboxylic acids is 1. The van der Waals surface area contributed by atoms with E-state index in [9.17, 15) is 18.0 Å². The van der Waals surface area contributed by atoms with Crippen molar-refractivity contribution in [2.75, 3.05) is 13.7 Å². The molecule has 1 aromatic carbocycles. The zero-order chi connectivity index (χ0) is 16.9. The summed E-state index contributed by atoms with van der Waals surface area (Å²) in [5.74, 6) is 0.230. The number of halogens is 3. The minimum Gasteiger partial charge on any atom is -0.497 e. The van der Waals surface area contributed by atoms with E-state index in [-0.39, 0.29) is 24.6 Å². The summed E-state index contributed by atoms with van der Waals surface area (Å²) in [5.41, 5.74) is -0.0614. The molecule has 7 heteroatoms. The molecule has 0 aliphatic rings. The summed E-state index contributed by atoms with van der Waals surface area (Å²) >= 11 is 0. The van der Waals surface area contributed by atoms with E-state index in [2.05, 4.69) is 10.3 Å². The van der Waals surface area contributed by atoms with Crippen molar-refractivity contribution in [2.45, 2.75) is 12.6 Å².